The highest BCUT2D eigenvalue weighted by Gasteiger charge is 2.45. The maximum Gasteiger partial charge on any atom is 0.407 e. The molecule has 34 heavy (non-hydrogen) atoms. The molecule has 1 aromatic rings. The molecule has 0 bridgehead atoms. The van der Waals surface area contributed by atoms with Crippen LogP contribution in [0.4, 0.5) is 4.79 Å². The van der Waals surface area contributed by atoms with Crippen LogP contribution < -0.4 is 14.8 Å². The fourth-order valence-corrected chi connectivity index (χ4v) is 5.38. The maximum absolute atomic E-state index is 12.2. The molecule has 0 saturated heterocycles. The molecule has 1 aliphatic heterocycles. The summed E-state index contributed by atoms with van der Waals surface area (Å²) < 4.78 is 23.0. The molecule has 1 amide bonds. The Morgan fingerprint density at radius 3 is 2.47 bits per heavy atom. The summed E-state index contributed by atoms with van der Waals surface area (Å²) in [6.07, 6.45) is 3.77. The van der Waals surface area contributed by atoms with E-state index >= 15 is 0 Å². The Bertz CT molecular complexity index is 917. The van der Waals surface area contributed by atoms with Gasteiger partial charge in [0.2, 0.25) is 6.79 Å². The highest BCUT2D eigenvalue weighted by molar-refractivity contribution is 6.74. The van der Waals surface area contributed by atoms with Crippen LogP contribution in [0, 0.1) is 0 Å². The molecule has 1 aromatic carbocycles. The van der Waals surface area contributed by atoms with Crippen molar-refractivity contribution in [3.63, 3.8) is 0 Å². The molecule has 2 N–H and O–H groups in total. The zero-order valence-electron chi connectivity index (χ0n) is 21.9. The smallest absolute Gasteiger partial charge is 0.407 e. The lowest BCUT2D eigenvalue weighted by molar-refractivity contribution is 0.0411. The highest BCUT2D eigenvalue weighted by Crippen LogP contribution is 2.45. The third kappa shape index (κ3) is 5.96. The molecule has 0 spiro atoms. The number of amides is 1. The van der Waals surface area contributed by atoms with Crippen molar-refractivity contribution in [3.05, 3.63) is 35.9 Å². The van der Waals surface area contributed by atoms with E-state index in [-0.39, 0.29) is 17.9 Å². The molecule has 0 saturated carbocycles. The van der Waals surface area contributed by atoms with Crippen molar-refractivity contribution in [1.82, 2.24) is 5.32 Å². The van der Waals surface area contributed by atoms with E-state index in [0.717, 1.165) is 5.56 Å². The second kappa shape index (κ2) is 9.55. The highest BCUT2D eigenvalue weighted by atomic mass is 28.4. The van der Waals surface area contributed by atoms with Crippen molar-refractivity contribution in [2.75, 3.05) is 13.3 Å². The number of rotatable bonds is 6. The lowest BCUT2D eigenvalue weighted by Gasteiger charge is -2.44. The van der Waals surface area contributed by atoms with E-state index in [1.165, 1.54) is 0 Å². The molecule has 8 heteroatoms. The lowest BCUT2D eigenvalue weighted by Crippen LogP contribution is -2.49. The summed E-state index contributed by atoms with van der Waals surface area (Å²) in [6.45, 7) is 17.1. The van der Waals surface area contributed by atoms with E-state index in [9.17, 15) is 9.90 Å². The van der Waals surface area contributed by atoms with Crippen molar-refractivity contribution in [1.29, 1.82) is 0 Å². The van der Waals surface area contributed by atoms with Gasteiger partial charge in [0.15, 0.2) is 19.8 Å². The molecule has 3 atom stereocenters. The molecule has 1 heterocycles. The summed E-state index contributed by atoms with van der Waals surface area (Å²) in [4.78, 5) is 12.2. The largest absolute Gasteiger partial charge is 0.454 e. The lowest BCUT2D eigenvalue weighted by atomic mass is 9.68. The zero-order valence-corrected chi connectivity index (χ0v) is 22.9. The predicted molar refractivity (Wildman–Crippen MR) is 135 cm³/mol. The van der Waals surface area contributed by atoms with Crippen LogP contribution in [0.3, 0.4) is 0 Å². The number of ether oxygens (including phenoxy) is 3. The van der Waals surface area contributed by atoms with Crippen LogP contribution in [0.1, 0.15) is 59.9 Å². The minimum Gasteiger partial charge on any atom is -0.454 e. The van der Waals surface area contributed by atoms with Crippen molar-refractivity contribution >= 4 is 14.4 Å². The van der Waals surface area contributed by atoms with Crippen LogP contribution >= 0.6 is 0 Å². The van der Waals surface area contributed by atoms with Gasteiger partial charge in [0.1, 0.15) is 5.60 Å². The molecule has 7 nitrogen and oxygen atoms in total. The number of aliphatic hydroxyl groups excluding tert-OH is 1. The van der Waals surface area contributed by atoms with Gasteiger partial charge in [-0.1, -0.05) is 39.0 Å². The minimum atomic E-state index is -2.00. The third-order valence-electron chi connectivity index (χ3n) is 7.03. The number of aliphatic hydroxyl groups is 1. The van der Waals surface area contributed by atoms with Gasteiger partial charge in [-0.2, -0.15) is 0 Å². The van der Waals surface area contributed by atoms with Gasteiger partial charge >= 0.3 is 6.09 Å². The second-order valence-corrected chi connectivity index (χ2v) is 16.6. The van der Waals surface area contributed by atoms with E-state index in [4.69, 9.17) is 18.6 Å². The van der Waals surface area contributed by atoms with Gasteiger partial charge in [-0.05, 0) is 63.0 Å². The summed E-state index contributed by atoms with van der Waals surface area (Å²) in [7, 11) is -2.00. The van der Waals surface area contributed by atoms with Crippen molar-refractivity contribution in [3.8, 4) is 11.5 Å². The Morgan fingerprint density at radius 2 is 1.85 bits per heavy atom. The number of hydrogen-bond donors (Lipinski definition) is 2. The van der Waals surface area contributed by atoms with E-state index in [0.29, 0.717) is 30.9 Å². The Labute approximate surface area is 204 Å². The molecule has 2 aliphatic rings. The number of carbonyl (C=O) groups excluding carboxylic acids is 1. The number of nitrogens with one attached hydrogen (secondary N) is 1. The molecule has 3 rings (SSSR count). The standard InChI is InChI=1S/C26H41NO6Si/c1-24(2,3)32-23(29)27-14-13-26(18-9-10-20-21(15-18)31-17-30-20)12-11-19(16-22(26)28)33-34(7,8)25(4,5)6/h9-12,15,19,22,28H,13-14,16-17H2,1-8H3,(H,27,29)/t19-,22-,26+/m0/s1. The molecule has 0 aromatic heterocycles. The number of alkyl carbamates (subject to hydrolysis) is 1. The van der Waals surface area contributed by atoms with Gasteiger partial charge in [-0.25, -0.2) is 4.79 Å². The number of benzene rings is 1. The fraction of sp³-hybridized carbons (Fsp3) is 0.654. The van der Waals surface area contributed by atoms with E-state index < -0.39 is 31.5 Å². The van der Waals surface area contributed by atoms with E-state index in [2.05, 4.69) is 45.3 Å². The summed E-state index contributed by atoms with van der Waals surface area (Å²) in [6, 6.07) is 5.77. The second-order valence-electron chi connectivity index (χ2n) is 11.8. The van der Waals surface area contributed by atoms with Gasteiger partial charge in [0.25, 0.3) is 0 Å². The van der Waals surface area contributed by atoms with Crippen LogP contribution in [0.25, 0.3) is 0 Å². The van der Waals surface area contributed by atoms with Gasteiger partial charge in [0, 0.05) is 18.4 Å². The molecular weight excluding hydrogens is 450 g/mol. The van der Waals surface area contributed by atoms with Crippen LogP contribution in [-0.2, 0) is 14.6 Å². The normalized spacial score (nSPS) is 24.7. The summed E-state index contributed by atoms with van der Waals surface area (Å²) in [5.41, 5.74) is -0.363. The SMILES string of the molecule is CC(C)(C)OC(=O)NCC[C@@]1(c2ccc3c(c2)OCO3)C=C[C@H](O[Si](C)(C)C(C)(C)C)C[C@@H]1O. The molecule has 0 unspecified atom stereocenters. The third-order valence-corrected chi connectivity index (χ3v) is 11.5. The van der Waals surface area contributed by atoms with Crippen molar-refractivity contribution in [2.45, 2.75) is 95.7 Å². The first-order valence-electron chi connectivity index (χ1n) is 12.1. The Morgan fingerprint density at radius 1 is 1.18 bits per heavy atom. The van der Waals surface area contributed by atoms with Gasteiger partial charge < -0.3 is 29.1 Å². The quantitative estimate of drug-likeness (QED) is 0.416. The number of hydrogen-bond acceptors (Lipinski definition) is 6. The summed E-state index contributed by atoms with van der Waals surface area (Å²) in [5, 5.41) is 14.4. The van der Waals surface area contributed by atoms with Gasteiger partial charge in [-0.15, -0.1) is 0 Å². The molecule has 1 aliphatic carbocycles. The molecule has 0 fully saturated rings. The first-order valence-corrected chi connectivity index (χ1v) is 15.0. The average Bonchev–Trinajstić information content (AvgIpc) is 3.15. The van der Waals surface area contributed by atoms with Crippen LogP contribution in [0.5, 0.6) is 11.5 Å². The topological polar surface area (TPSA) is 86.3 Å². The Hall–Kier alpha value is -2.03. The van der Waals surface area contributed by atoms with Crippen LogP contribution in [0.2, 0.25) is 18.1 Å². The number of carbonyl (C=O) groups is 1. The first-order chi connectivity index (χ1) is 15.6. The minimum absolute atomic E-state index is 0.0784. The van der Waals surface area contributed by atoms with E-state index in [1.807, 2.05) is 45.0 Å². The molecule has 0 radical (unpaired) electrons. The fourth-order valence-electron chi connectivity index (χ4n) is 4.10. The average molecular weight is 492 g/mol. The maximum atomic E-state index is 12.2. The monoisotopic (exact) mass is 491 g/mol. The zero-order chi connectivity index (χ0) is 25.4. The van der Waals surface area contributed by atoms with Crippen LogP contribution in [0.15, 0.2) is 30.4 Å². The Kier molecular flexibility index (Phi) is 7.46. The first kappa shape index (κ1) is 26.6. The molecular formula is C26H41NO6Si. The van der Waals surface area contributed by atoms with Crippen molar-refractivity contribution < 1.29 is 28.5 Å². The van der Waals surface area contributed by atoms with E-state index in [1.54, 1.807) is 0 Å². The van der Waals surface area contributed by atoms with Gasteiger partial charge in [0.05, 0.1) is 12.2 Å². The van der Waals surface area contributed by atoms with Gasteiger partial charge in [-0.3, -0.25) is 0 Å². The summed E-state index contributed by atoms with van der Waals surface area (Å²) in [5.74, 6) is 1.36. The number of fused-ring (bicyclic) bond motifs is 1. The van der Waals surface area contributed by atoms with Crippen LogP contribution in [-0.4, -0.2) is 50.7 Å². The predicted octanol–water partition coefficient (Wildman–Crippen LogP) is 5.28. The van der Waals surface area contributed by atoms with Crippen molar-refractivity contribution in [2.24, 2.45) is 0 Å². The molecule has 190 valence electrons. The Balaban J connectivity index is 1.84. The summed E-state index contributed by atoms with van der Waals surface area (Å²) >= 11 is 0.